The van der Waals surface area contributed by atoms with Crippen LogP contribution in [0.15, 0.2) is 18.2 Å². The van der Waals surface area contributed by atoms with E-state index >= 15 is 0 Å². The van der Waals surface area contributed by atoms with Gasteiger partial charge in [0.2, 0.25) is 17.7 Å². The van der Waals surface area contributed by atoms with E-state index in [0.29, 0.717) is 12.1 Å². The van der Waals surface area contributed by atoms with Crippen molar-refractivity contribution in [3.05, 3.63) is 34.9 Å². The first-order valence-corrected chi connectivity index (χ1v) is 12.1. The van der Waals surface area contributed by atoms with Gasteiger partial charge in [-0.25, -0.2) is 4.79 Å². The number of carbonyl (C=O) groups is 4. The lowest BCUT2D eigenvalue weighted by molar-refractivity contribution is -0.142. The molecule has 1 aromatic carbocycles. The highest BCUT2D eigenvalue weighted by Gasteiger charge is 2.36. The Morgan fingerprint density at radius 1 is 1.14 bits per heavy atom. The average Bonchev–Trinajstić information content (AvgIpc) is 2.74. The molecule has 0 saturated heterocycles. The number of hydrogen-bond acceptors (Lipinski definition) is 6. The minimum absolute atomic E-state index is 0.119. The molecule has 0 fully saturated rings. The molecule has 4 amide bonds. The van der Waals surface area contributed by atoms with Crippen molar-refractivity contribution in [1.82, 2.24) is 15.5 Å². The standard InChI is InChI=1S/C26H39N5O5/c1-7-8-12-29-23(33)22(19-15-17(2)14-18(3)16-19)31(13-11-27)24(34)20(9-10-21(28)32)30-25(35)36-26(4,5)6/h14-16,20,22H,7-10,12-13H2,1-6H3,(H2,28,32)(H,29,33)(H,30,35). The van der Waals surface area contributed by atoms with E-state index in [0.717, 1.165) is 28.9 Å². The van der Waals surface area contributed by atoms with Crippen LogP contribution in [-0.4, -0.2) is 53.4 Å². The quantitative estimate of drug-likeness (QED) is 0.295. The minimum Gasteiger partial charge on any atom is -0.444 e. The third-order valence-corrected chi connectivity index (χ3v) is 5.14. The Balaban J connectivity index is 3.47. The monoisotopic (exact) mass is 501 g/mol. The van der Waals surface area contributed by atoms with Crippen LogP contribution in [0.1, 0.15) is 76.1 Å². The van der Waals surface area contributed by atoms with E-state index in [1.807, 2.05) is 32.9 Å². The highest BCUT2D eigenvalue weighted by molar-refractivity contribution is 5.92. The number of nitrogens with zero attached hydrogens (tertiary/aromatic N) is 2. The number of primary amides is 1. The minimum atomic E-state index is -1.24. The number of nitrogens with one attached hydrogen (secondary N) is 2. The summed E-state index contributed by atoms with van der Waals surface area (Å²) in [6.45, 7) is 10.7. The van der Waals surface area contributed by atoms with Gasteiger partial charge >= 0.3 is 6.09 Å². The second-order valence-electron chi connectivity index (χ2n) is 9.80. The van der Waals surface area contributed by atoms with E-state index in [4.69, 9.17) is 10.5 Å². The Morgan fingerprint density at radius 2 is 1.75 bits per heavy atom. The number of rotatable bonds is 12. The Kier molecular flexibility index (Phi) is 11.9. The number of alkyl carbamates (subject to hydrolysis) is 1. The summed E-state index contributed by atoms with van der Waals surface area (Å²) in [7, 11) is 0. The van der Waals surface area contributed by atoms with Gasteiger partial charge in [-0.2, -0.15) is 5.26 Å². The summed E-state index contributed by atoms with van der Waals surface area (Å²) in [5.74, 6) is -1.80. The summed E-state index contributed by atoms with van der Waals surface area (Å²) in [4.78, 5) is 52.2. The second kappa shape index (κ2) is 14.1. The predicted octanol–water partition coefficient (Wildman–Crippen LogP) is 2.77. The number of nitrogens with two attached hydrogens (primary N) is 1. The summed E-state index contributed by atoms with van der Waals surface area (Å²) in [5, 5.41) is 14.9. The summed E-state index contributed by atoms with van der Waals surface area (Å²) >= 11 is 0. The molecule has 36 heavy (non-hydrogen) atoms. The molecule has 4 N–H and O–H groups in total. The molecule has 0 radical (unpaired) electrons. The number of benzene rings is 1. The van der Waals surface area contributed by atoms with Crippen LogP contribution in [0.3, 0.4) is 0 Å². The second-order valence-corrected chi connectivity index (χ2v) is 9.80. The first-order chi connectivity index (χ1) is 16.8. The summed E-state index contributed by atoms with van der Waals surface area (Å²) < 4.78 is 5.27. The Bertz CT molecular complexity index is 960. The molecule has 1 aromatic rings. The van der Waals surface area contributed by atoms with Crippen molar-refractivity contribution in [1.29, 1.82) is 5.26 Å². The molecule has 0 aliphatic heterocycles. The number of nitriles is 1. The van der Waals surface area contributed by atoms with E-state index in [2.05, 4.69) is 10.6 Å². The van der Waals surface area contributed by atoms with Gasteiger partial charge in [-0.15, -0.1) is 0 Å². The van der Waals surface area contributed by atoms with Crippen LogP contribution in [-0.2, 0) is 19.1 Å². The lowest BCUT2D eigenvalue weighted by Crippen LogP contribution is -2.53. The highest BCUT2D eigenvalue weighted by atomic mass is 16.6. The van der Waals surface area contributed by atoms with Crippen molar-refractivity contribution >= 4 is 23.8 Å². The van der Waals surface area contributed by atoms with Crippen molar-refractivity contribution in [3.8, 4) is 6.07 Å². The van der Waals surface area contributed by atoms with Crippen LogP contribution in [0.2, 0.25) is 0 Å². The number of carbonyl (C=O) groups excluding carboxylic acids is 4. The zero-order chi connectivity index (χ0) is 27.5. The van der Waals surface area contributed by atoms with Crippen LogP contribution in [0.4, 0.5) is 4.79 Å². The first kappa shape index (κ1) is 30.4. The lowest BCUT2D eigenvalue weighted by Gasteiger charge is -2.33. The van der Waals surface area contributed by atoms with Crippen molar-refractivity contribution in [3.63, 3.8) is 0 Å². The molecule has 2 unspecified atom stereocenters. The molecule has 1 rings (SSSR count). The van der Waals surface area contributed by atoms with Gasteiger partial charge in [0.05, 0.1) is 6.07 Å². The van der Waals surface area contributed by atoms with Gasteiger partial charge < -0.3 is 26.0 Å². The molecule has 0 aliphatic rings. The number of amides is 4. The fourth-order valence-electron chi connectivity index (χ4n) is 3.69. The van der Waals surface area contributed by atoms with Crippen LogP contribution >= 0.6 is 0 Å². The molecule has 10 nitrogen and oxygen atoms in total. The largest absolute Gasteiger partial charge is 0.444 e. The van der Waals surface area contributed by atoms with Gasteiger partial charge in [0.15, 0.2) is 0 Å². The fourth-order valence-corrected chi connectivity index (χ4v) is 3.69. The molecule has 0 aromatic heterocycles. The Morgan fingerprint density at radius 3 is 2.25 bits per heavy atom. The maximum absolute atomic E-state index is 13.7. The first-order valence-electron chi connectivity index (χ1n) is 12.1. The molecular formula is C26H39N5O5. The number of aryl methyl sites for hydroxylation is 2. The van der Waals surface area contributed by atoms with Gasteiger partial charge in [-0.1, -0.05) is 42.7 Å². The van der Waals surface area contributed by atoms with Gasteiger partial charge in [-0.05, 0) is 53.0 Å². The van der Waals surface area contributed by atoms with E-state index in [9.17, 15) is 24.4 Å². The SMILES string of the molecule is CCCCNC(=O)C(c1cc(C)cc(C)c1)N(CC#N)C(=O)C(CCC(N)=O)NC(=O)OC(C)(C)C. The molecule has 10 heteroatoms. The smallest absolute Gasteiger partial charge is 0.408 e. The van der Waals surface area contributed by atoms with Gasteiger partial charge in [-0.3, -0.25) is 14.4 Å². The van der Waals surface area contributed by atoms with E-state index in [1.54, 1.807) is 32.9 Å². The predicted molar refractivity (Wildman–Crippen MR) is 135 cm³/mol. The van der Waals surface area contributed by atoms with E-state index in [1.165, 1.54) is 0 Å². The number of unbranched alkanes of at least 4 members (excludes halogenated alkanes) is 1. The van der Waals surface area contributed by atoms with Gasteiger partial charge in [0.1, 0.15) is 24.2 Å². The molecule has 0 saturated carbocycles. The molecule has 0 heterocycles. The Hall–Kier alpha value is -3.61. The van der Waals surface area contributed by atoms with Gasteiger partial charge in [0.25, 0.3) is 0 Å². The zero-order valence-electron chi connectivity index (χ0n) is 22.1. The van der Waals surface area contributed by atoms with E-state index < -0.39 is 48.0 Å². The normalized spacial score (nSPS) is 12.6. The van der Waals surface area contributed by atoms with E-state index in [-0.39, 0.29) is 12.8 Å². The van der Waals surface area contributed by atoms with Crippen LogP contribution < -0.4 is 16.4 Å². The summed E-state index contributed by atoms with van der Waals surface area (Å²) in [6, 6.07) is 5.10. The lowest BCUT2D eigenvalue weighted by atomic mass is 9.98. The molecular weight excluding hydrogens is 462 g/mol. The van der Waals surface area contributed by atoms with Crippen molar-refractivity contribution in [2.45, 2.75) is 84.9 Å². The number of hydrogen-bond donors (Lipinski definition) is 3. The third kappa shape index (κ3) is 10.3. The number of ether oxygens (including phenoxy) is 1. The van der Waals surface area contributed by atoms with Crippen LogP contribution in [0.5, 0.6) is 0 Å². The Labute approximate surface area is 213 Å². The topological polar surface area (TPSA) is 155 Å². The fraction of sp³-hybridized carbons (Fsp3) is 0.577. The molecule has 2 atom stereocenters. The highest BCUT2D eigenvalue weighted by Crippen LogP contribution is 2.25. The maximum atomic E-state index is 13.7. The van der Waals surface area contributed by atoms with Crippen molar-refractivity contribution in [2.24, 2.45) is 5.73 Å². The van der Waals surface area contributed by atoms with Crippen molar-refractivity contribution in [2.75, 3.05) is 13.1 Å². The van der Waals surface area contributed by atoms with Crippen LogP contribution in [0.25, 0.3) is 0 Å². The summed E-state index contributed by atoms with van der Waals surface area (Å²) in [6.07, 6.45) is 0.441. The molecule has 0 aliphatic carbocycles. The maximum Gasteiger partial charge on any atom is 0.408 e. The van der Waals surface area contributed by atoms with Gasteiger partial charge in [0, 0.05) is 13.0 Å². The average molecular weight is 502 g/mol. The summed E-state index contributed by atoms with van der Waals surface area (Å²) in [5.41, 5.74) is 6.77. The molecule has 0 bridgehead atoms. The zero-order valence-corrected chi connectivity index (χ0v) is 22.1. The molecule has 198 valence electrons. The molecule has 0 spiro atoms. The van der Waals surface area contributed by atoms with Crippen molar-refractivity contribution < 1.29 is 23.9 Å². The third-order valence-electron chi connectivity index (χ3n) is 5.14. The van der Waals surface area contributed by atoms with Crippen LogP contribution in [0, 0.1) is 25.2 Å².